The number of carbonyl (C=O) groups is 1. The highest BCUT2D eigenvalue weighted by Gasteiger charge is 2.24. The smallest absolute Gasteiger partial charge is 0.266 e. The lowest BCUT2D eigenvalue weighted by molar-refractivity contribution is 0.0945. The number of halogens is 2. The topological polar surface area (TPSA) is 75.3 Å². The Bertz CT molecular complexity index is 869. The number of carbonyl (C=O) groups excluding carboxylic acids is 1. The Labute approximate surface area is 145 Å². The zero-order valence-corrected chi connectivity index (χ0v) is 14.7. The van der Waals surface area contributed by atoms with E-state index in [0.717, 1.165) is 23.8 Å². The molecule has 134 valence electrons. The van der Waals surface area contributed by atoms with Crippen molar-refractivity contribution in [1.29, 1.82) is 0 Å². The molecule has 0 radical (unpaired) electrons. The fraction of sp³-hybridized carbons (Fsp3) is 0.235. The average molecular weight is 368 g/mol. The number of hydrogen-bond donors (Lipinski definition) is 2. The van der Waals surface area contributed by atoms with E-state index in [-0.39, 0.29) is 11.0 Å². The minimum Gasteiger partial charge on any atom is -0.273 e. The van der Waals surface area contributed by atoms with Crippen LogP contribution in [0.15, 0.2) is 47.4 Å². The van der Waals surface area contributed by atoms with Crippen LogP contribution in [0.25, 0.3) is 0 Å². The number of hydrogen-bond acceptors (Lipinski definition) is 3. The molecule has 2 N–H and O–H groups in total. The molecular weight excluding hydrogens is 350 g/mol. The highest BCUT2D eigenvalue weighted by atomic mass is 32.2. The molecule has 0 aliphatic rings. The van der Waals surface area contributed by atoms with Crippen molar-refractivity contribution < 1.29 is 22.0 Å². The predicted molar refractivity (Wildman–Crippen MR) is 89.3 cm³/mol. The molecule has 8 heteroatoms. The summed E-state index contributed by atoms with van der Waals surface area (Å²) in [6.07, 6.45) is 0. The van der Waals surface area contributed by atoms with Gasteiger partial charge in [-0.05, 0) is 35.2 Å². The lowest BCUT2D eigenvalue weighted by Crippen LogP contribution is -2.42. The van der Waals surface area contributed by atoms with Crippen molar-refractivity contribution in [3.8, 4) is 0 Å². The van der Waals surface area contributed by atoms with E-state index in [0.29, 0.717) is 0 Å². The maximum Gasteiger partial charge on any atom is 0.266 e. The standard InChI is InChI=1S/C17H18F2N2O3S/c1-17(2,3)12-9-7-11(8-10-12)16(22)20-21-25(23,24)15-13(18)5-4-6-14(15)19/h4-10,21H,1-3H3,(H,20,22). The Kier molecular flexibility index (Phi) is 5.24. The van der Waals surface area contributed by atoms with Crippen LogP contribution in [0.2, 0.25) is 0 Å². The van der Waals surface area contributed by atoms with Gasteiger partial charge < -0.3 is 0 Å². The molecule has 5 nitrogen and oxygen atoms in total. The SMILES string of the molecule is CC(C)(C)c1ccc(C(=O)NNS(=O)(=O)c2c(F)cccc2F)cc1. The van der Waals surface area contributed by atoms with Crippen LogP contribution in [0.1, 0.15) is 36.7 Å². The molecule has 0 bridgehead atoms. The maximum atomic E-state index is 13.6. The summed E-state index contributed by atoms with van der Waals surface area (Å²) >= 11 is 0. The van der Waals surface area contributed by atoms with Gasteiger partial charge in [0.2, 0.25) is 0 Å². The van der Waals surface area contributed by atoms with Crippen molar-refractivity contribution in [2.75, 3.05) is 0 Å². The summed E-state index contributed by atoms with van der Waals surface area (Å²) in [7, 11) is -4.59. The zero-order valence-electron chi connectivity index (χ0n) is 13.9. The summed E-state index contributed by atoms with van der Waals surface area (Å²) in [4.78, 5) is 12.6. The Morgan fingerprint density at radius 1 is 0.960 bits per heavy atom. The molecule has 0 aliphatic carbocycles. The van der Waals surface area contributed by atoms with E-state index in [1.807, 2.05) is 26.2 Å². The summed E-state index contributed by atoms with van der Waals surface area (Å²) in [6, 6.07) is 9.23. The van der Waals surface area contributed by atoms with E-state index in [4.69, 9.17) is 0 Å². The number of benzene rings is 2. The van der Waals surface area contributed by atoms with Crippen molar-refractivity contribution in [3.63, 3.8) is 0 Å². The number of nitrogens with one attached hydrogen (secondary N) is 2. The van der Waals surface area contributed by atoms with E-state index < -0.39 is 32.5 Å². The second kappa shape index (κ2) is 6.89. The van der Waals surface area contributed by atoms with Gasteiger partial charge in [-0.15, -0.1) is 4.83 Å². The molecule has 25 heavy (non-hydrogen) atoms. The molecule has 0 spiro atoms. The quantitative estimate of drug-likeness (QED) is 0.815. The normalized spacial score (nSPS) is 12.0. The van der Waals surface area contributed by atoms with Crippen LogP contribution in [0.4, 0.5) is 8.78 Å². The number of sulfonamides is 1. The molecule has 0 fully saturated rings. The van der Waals surface area contributed by atoms with Crippen molar-refractivity contribution in [3.05, 3.63) is 65.2 Å². The number of amides is 1. The van der Waals surface area contributed by atoms with E-state index in [2.05, 4.69) is 0 Å². The lowest BCUT2D eigenvalue weighted by Gasteiger charge is -2.19. The third-order valence-electron chi connectivity index (χ3n) is 3.50. The molecule has 0 aliphatic heterocycles. The fourth-order valence-electron chi connectivity index (χ4n) is 2.10. The largest absolute Gasteiger partial charge is 0.273 e. The van der Waals surface area contributed by atoms with Crippen LogP contribution < -0.4 is 10.3 Å². The number of rotatable bonds is 4. The fourth-order valence-corrected chi connectivity index (χ4v) is 3.08. The van der Waals surface area contributed by atoms with Gasteiger partial charge >= 0.3 is 0 Å². The summed E-state index contributed by atoms with van der Waals surface area (Å²) < 4.78 is 51.1. The molecule has 0 saturated carbocycles. The van der Waals surface area contributed by atoms with Crippen LogP contribution >= 0.6 is 0 Å². The monoisotopic (exact) mass is 368 g/mol. The summed E-state index contributed by atoms with van der Waals surface area (Å²) in [5.41, 5.74) is 3.04. The first-order valence-corrected chi connectivity index (χ1v) is 8.87. The molecule has 0 saturated heterocycles. The van der Waals surface area contributed by atoms with E-state index in [1.54, 1.807) is 17.0 Å². The molecule has 0 atom stereocenters. The van der Waals surface area contributed by atoms with Gasteiger partial charge in [0.1, 0.15) is 11.6 Å². The van der Waals surface area contributed by atoms with Gasteiger partial charge in [0, 0.05) is 5.56 Å². The van der Waals surface area contributed by atoms with Crippen molar-refractivity contribution in [1.82, 2.24) is 10.3 Å². The molecule has 2 aromatic rings. The van der Waals surface area contributed by atoms with Gasteiger partial charge in [0.15, 0.2) is 4.90 Å². The molecule has 1 amide bonds. The molecule has 0 unspecified atom stereocenters. The third-order valence-corrected chi connectivity index (χ3v) is 4.80. The van der Waals surface area contributed by atoms with Gasteiger partial charge in [-0.1, -0.05) is 39.0 Å². The first-order chi connectivity index (χ1) is 11.5. The molecule has 2 rings (SSSR count). The van der Waals surface area contributed by atoms with Gasteiger partial charge in [-0.3, -0.25) is 10.2 Å². The van der Waals surface area contributed by atoms with Gasteiger partial charge in [0.25, 0.3) is 15.9 Å². The molecule has 0 aromatic heterocycles. The Balaban J connectivity index is 2.14. The minimum absolute atomic E-state index is 0.0983. The van der Waals surface area contributed by atoms with Gasteiger partial charge in [-0.2, -0.15) is 0 Å². The van der Waals surface area contributed by atoms with E-state index in [9.17, 15) is 22.0 Å². The van der Waals surface area contributed by atoms with Crippen molar-refractivity contribution in [2.45, 2.75) is 31.1 Å². The van der Waals surface area contributed by atoms with Crippen molar-refractivity contribution in [2.24, 2.45) is 0 Å². The van der Waals surface area contributed by atoms with Gasteiger partial charge in [0.05, 0.1) is 0 Å². The number of hydrazine groups is 1. The first kappa shape index (κ1) is 19.0. The zero-order chi connectivity index (χ0) is 18.8. The second-order valence-corrected chi connectivity index (χ2v) is 8.06. The van der Waals surface area contributed by atoms with Crippen LogP contribution in [-0.4, -0.2) is 14.3 Å². The minimum atomic E-state index is -4.59. The summed E-state index contributed by atoms with van der Waals surface area (Å²) in [5.74, 6) is -3.26. The maximum absolute atomic E-state index is 13.6. The highest BCUT2D eigenvalue weighted by molar-refractivity contribution is 7.89. The Hall–Kier alpha value is -2.32. The van der Waals surface area contributed by atoms with Crippen LogP contribution in [0.3, 0.4) is 0 Å². The molecular formula is C17H18F2N2O3S. The summed E-state index contributed by atoms with van der Waals surface area (Å²) in [5, 5.41) is 0. The third kappa shape index (κ3) is 4.40. The first-order valence-electron chi connectivity index (χ1n) is 7.39. The molecule has 2 aromatic carbocycles. The summed E-state index contributed by atoms with van der Waals surface area (Å²) in [6.45, 7) is 6.04. The lowest BCUT2D eigenvalue weighted by atomic mass is 9.87. The van der Waals surface area contributed by atoms with Crippen LogP contribution in [-0.2, 0) is 15.4 Å². The predicted octanol–water partition coefficient (Wildman–Crippen LogP) is 2.89. The Morgan fingerprint density at radius 2 is 1.48 bits per heavy atom. The Morgan fingerprint density at radius 3 is 1.96 bits per heavy atom. The van der Waals surface area contributed by atoms with E-state index in [1.165, 1.54) is 12.1 Å². The van der Waals surface area contributed by atoms with E-state index >= 15 is 0 Å². The van der Waals surface area contributed by atoms with Crippen LogP contribution in [0.5, 0.6) is 0 Å². The van der Waals surface area contributed by atoms with Gasteiger partial charge in [-0.25, -0.2) is 17.2 Å². The average Bonchev–Trinajstić information content (AvgIpc) is 2.51. The molecule has 0 heterocycles. The highest BCUT2D eigenvalue weighted by Crippen LogP contribution is 2.22. The van der Waals surface area contributed by atoms with Crippen LogP contribution in [0, 0.1) is 11.6 Å². The second-order valence-electron chi connectivity index (χ2n) is 6.44. The van der Waals surface area contributed by atoms with Crippen molar-refractivity contribution >= 4 is 15.9 Å².